The zero-order valence-corrected chi connectivity index (χ0v) is 12.3. The summed E-state index contributed by atoms with van der Waals surface area (Å²) < 4.78 is 0.958. The Bertz CT molecular complexity index is 481. The Morgan fingerprint density at radius 2 is 2.28 bits per heavy atom. The predicted octanol–water partition coefficient (Wildman–Crippen LogP) is 3.56. The monoisotopic (exact) mass is 306 g/mol. The Morgan fingerprint density at radius 1 is 1.39 bits per heavy atom. The van der Waals surface area contributed by atoms with Crippen molar-refractivity contribution >= 4 is 21.5 Å². The van der Waals surface area contributed by atoms with Gasteiger partial charge in [0.25, 0.3) is 0 Å². The van der Waals surface area contributed by atoms with E-state index in [4.69, 9.17) is 0 Å². The molecule has 2 nitrogen and oxygen atoms in total. The number of rotatable bonds is 1. The zero-order chi connectivity index (χ0) is 12.5. The van der Waals surface area contributed by atoms with Gasteiger partial charge >= 0.3 is 0 Å². The Kier molecular flexibility index (Phi) is 3.53. The molecule has 18 heavy (non-hydrogen) atoms. The highest BCUT2D eigenvalue weighted by atomic mass is 79.9. The summed E-state index contributed by atoms with van der Waals surface area (Å²) in [6, 6.07) is 2.25. The normalized spacial score (nSPS) is 27.6. The minimum atomic E-state index is 0.822. The van der Waals surface area contributed by atoms with E-state index in [1.807, 2.05) is 6.20 Å². The smallest absolute Gasteiger partial charge is 0.109 e. The Morgan fingerprint density at radius 3 is 3.11 bits per heavy atom. The van der Waals surface area contributed by atoms with E-state index in [-0.39, 0.29) is 0 Å². The molecule has 0 spiro atoms. The first kappa shape index (κ1) is 12.4. The van der Waals surface area contributed by atoms with Gasteiger partial charge in [-0.2, -0.15) is 0 Å². The highest BCUT2D eigenvalue weighted by Gasteiger charge is 2.28. The molecule has 0 bridgehead atoms. The number of aryl methyl sites for hydroxylation is 1. The van der Waals surface area contributed by atoms with E-state index in [9.17, 15) is 0 Å². The molecule has 96 valence electrons. The predicted molar refractivity (Wildman–Crippen MR) is 78.4 cm³/mol. The van der Waals surface area contributed by atoms with Gasteiger partial charge < -0.3 is 5.32 Å². The van der Waals surface area contributed by atoms with Gasteiger partial charge in [0.05, 0.1) is 0 Å². The summed E-state index contributed by atoms with van der Waals surface area (Å²) in [6.07, 6.45) is 8.24. The molecule has 0 aromatic carbocycles. The van der Waals surface area contributed by atoms with E-state index in [0.29, 0.717) is 0 Å². The van der Waals surface area contributed by atoms with Crippen LogP contribution >= 0.6 is 15.9 Å². The molecule has 1 aromatic rings. The van der Waals surface area contributed by atoms with Crippen LogP contribution in [0.3, 0.4) is 0 Å². The summed E-state index contributed by atoms with van der Waals surface area (Å²) >= 11 is 3.47. The van der Waals surface area contributed by atoms with Crippen LogP contribution < -0.4 is 5.32 Å². The molecule has 1 aliphatic carbocycles. The lowest BCUT2D eigenvalue weighted by Gasteiger charge is -2.35. The molecule has 1 fully saturated rings. The number of nitrogens with zero attached hydrogens (tertiary/aromatic N) is 1. The van der Waals surface area contributed by atoms with Crippen molar-refractivity contribution in [2.24, 2.45) is 11.8 Å². The summed E-state index contributed by atoms with van der Waals surface area (Å²) in [5.74, 6) is 1.72. The van der Waals surface area contributed by atoms with E-state index >= 15 is 0 Å². The molecule has 1 aromatic heterocycles. The fraction of sp³-hybridized carbons (Fsp3) is 0.533. The van der Waals surface area contributed by atoms with Crippen molar-refractivity contribution in [2.45, 2.75) is 26.2 Å². The minimum Gasteiger partial charge on any atom is -0.316 e. The van der Waals surface area contributed by atoms with Crippen molar-refractivity contribution in [3.8, 4) is 0 Å². The summed E-state index contributed by atoms with van der Waals surface area (Å²) in [5.41, 5.74) is 4.01. The van der Waals surface area contributed by atoms with E-state index < -0.39 is 0 Å². The highest BCUT2D eigenvalue weighted by molar-refractivity contribution is 9.10. The third kappa shape index (κ3) is 2.39. The fourth-order valence-corrected chi connectivity index (χ4v) is 3.37. The number of pyridine rings is 1. The Balaban J connectivity index is 1.84. The highest BCUT2D eigenvalue weighted by Crippen LogP contribution is 2.37. The lowest BCUT2D eigenvalue weighted by molar-refractivity contribution is 0.252. The van der Waals surface area contributed by atoms with Gasteiger partial charge in [-0.25, -0.2) is 4.98 Å². The maximum Gasteiger partial charge on any atom is 0.109 e. The average Bonchev–Trinajstić information content (AvgIpc) is 2.41. The van der Waals surface area contributed by atoms with Crippen molar-refractivity contribution in [2.75, 3.05) is 13.1 Å². The van der Waals surface area contributed by atoms with Gasteiger partial charge in [-0.3, -0.25) is 0 Å². The molecular formula is C15H19BrN2. The molecule has 0 radical (unpaired) electrons. The van der Waals surface area contributed by atoms with Crippen molar-refractivity contribution in [3.05, 3.63) is 34.1 Å². The lowest BCUT2D eigenvalue weighted by atomic mass is 9.75. The van der Waals surface area contributed by atoms with E-state index in [2.05, 4.69) is 45.3 Å². The van der Waals surface area contributed by atoms with Gasteiger partial charge in [0.1, 0.15) is 4.60 Å². The van der Waals surface area contributed by atoms with Crippen LogP contribution in [0.1, 0.15) is 30.4 Å². The molecule has 1 saturated heterocycles. The van der Waals surface area contributed by atoms with Crippen molar-refractivity contribution in [1.29, 1.82) is 0 Å². The second-order valence-electron chi connectivity index (χ2n) is 5.51. The number of hydrogen-bond donors (Lipinski definition) is 1. The fourth-order valence-electron chi connectivity index (χ4n) is 3.16. The van der Waals surface area contributed by atoms with Crippen LogP contribution in [-0.4, -0.2) is 18.1 Å². The first-order valence-corrected chi connectivity index (χ1v) is 7.55. The van der Waals surface area contributed by atoms with Gasteiger partial charge in [0, 0.05) is 6.20 Å². The number of nitrogens with one attached hydrogen (secondary N) is 1. The van der Waals surface area contributed by atoms with E-state index in [0.717, 1.165) is 16.4 Å². The van der Waals surface area contributed by atoms with E-state index in [1.54, 1.807) is 0 Å². The molecule has 0 saturated carbocycles. The quantitative estimate of drug-likeness (QED) is 0.803. The van der Waals surface area contributed by atoms with Gasteiger partial charge in [-0.1, -0.05) is 6.08 Å². The van der Waals surface area contributed by atoms with Crippen LogP contribution in [0, 0.1) is 18.8 Å². The van der Waals surface area contributed by atoms with Crippen LogP contribution in [0.5, 0.6) is 0 Å². The molecule has 1 N–H and O–H groups in total. The number of halogens is 1. The number of aromatic nitrogens is 1. The van der Waals surface area contributed by atoms with Crippen LogP contribution in [0.4, 0.5) is 0 Å². The minimum absolute atomic E-state index is 0.822. The van der Waals surface area contributed by atoms with E-state index in [1.165, 1.54) is 49.1 Å². The van der Waals surface area contributed by atoms with Gasteiger partial charge in [-0.15, -0.1) is 0 Å². The Labute approximate surface area is 117 Å². The summed E-state index contributed by atoms with van der Waals surface area (Å²) in [5, 5.41) is 3.53. The van der Waals surface area contributed by atoms with Crippen molar-refractivity contribution in [1.82, 2.24) is 10.3 Å². The van der Waals surface area contributed by atoms with Gasteiger partial charge in [0.2, 0.25) is 0 Å². The topological polar surface area (TPSA) is 24.9 Å². The second-order valence-corrected chi connectivity index (χ2v) is 6.26. The molecule has 2 unspecified atom stereocenters. The third-order valence-electron chi connectivity index (χ3n) is 4.30. The first-order valence-electron chi connectivity index (χ1n) is 6.76. The summed E-state index contributed by atoms with van der Waals surface area (Å²) in [4.78, 5) is 4.42. The number of hydrogen-bond acceptors (Lipinski definition) is 2. The molecule has 2 heterocycles. The molecule has 0 amide bonds. The molecule has 3 rings (SSSR count). The lowest BCUT2D eigenvalue weighted by Crippen LogP contribution is -2.37. The molecule has 1 aliphatic heterocycles. The maximum absolute atomic E-state index is 4.42. The molecule has 2 atom stereocenters. The van der Waals surface area contributed by atoms with Crippen LogP contribution in [0.2, 0.25) is 0 Å². The van der Waals surface area contributed by atoms with Gasteiger partial charge in [-0.05, 0) is 89.8 Å². The number of fused-ring (bicyclic) bond motifs is 1. The number of piperidine rings is 1. The molecular weight excluding hydrogens is 288 g/mol. The molecule has 3 heteroatoms. The Hall–Kier alpha value is -0.670. The number of allylic oxidation sites excluding steroid dienone is 2. The largest absolute Gasteiger partial charge is 0.316 e. The van der Waals surface area contributed by atoms with Crippen molar-refractivity contribution in [3.63, 3.8) is 0 Å². The molecule has 2 aliphatic rings. The standard InChI is InChI=1S/C15H19BrN2/c1-10-6-13(9-18-15(10)16)12-3-2-11-4-5-17-8-14(11)7-12/h3,6,9,11,14,17H,2,4-5,7-8H2,1H3. The zero-order valence-electron chi connectivity index (χ0n) is 10.7. The second kappa shape index (κ2) is 5.14. The van der Waals surface area contributed by atoms with Crippen molar-refractivity contribution < 1.29 is 0 Å². The van der Waals surface area contributed by atoms with Crippen LogP contribution in [0.25, 0.3) is 5.57 Å². The van der Waals surface area contributed by atoms with Crippen LogP contribution in [0.15, 0.2) is 22.9 Å². The first-order chi connectivity index (χ1) is 8.74. The average molecular weight is 307 g/mol. The third-order valence-corrected chi connectivity index (χ3v) is 5.13. The summed E-state index contributed by atoms with van der Waals surface area (Å²) in [6.45, 7) is 4.49. The SMILES string of the molecule is Cc1cc(C2=CCC3CCNCC3C2)cnc1Br. The maximum atomic E-state index is 4.42. The summed E-state index contributed by atoms with van der Waals surface area (Å²) in [7, 11) is 0. The van der Waals surface area contributed by atoms with Crippen LogP contribution in [-0.2, 0) is 0 Å². The van der Waals surface area contributed by atoms with Gasteiger partial charge in [0.15, 0.2) is 0 Å².